The molecule has 24 heavy (non-hydrogen) atoms. The molecular formula is C19H22N2O3. The first-order valence-corrected chi connectivity index (χ1v) is 7.81. The molecule has 5 heteroatoms. The first-order valence-electron chi connectivity index (χ1n) is 7.81. The fraction of sp³-hybridized carbons (Fsp3) is 0.263. The highest BCUT2D eigenvalue weighted by atomic mass is 16.5. The molecule has 2 aromatic carbocycles. The average molecular weight is 326 g/mol. The van der Waals surface area contributed by atoms with E-state index in [0.717, 1.165) is 22.4 Å². The molecule has 0 radical (unpaired) electrons. The van der Waals surface area contributed by atoms with Crippen molar-refractivity contribution in [2.45, 2.75) is 33.4 Å². The third-order valence-electron chi connectivity index (χ3n) is 3.67. The molecule has 2 N–H and O–H groups in total. The minimum Gasteiger partial charge on any atom is -0.445 e. The summed E-state index contributed by atoms with van der Waals surface area (Å²) in [5.41, 5.74) is 3.61. The molecule has 0 saturated heterocycles. The number of amides is 2. The maximum Gasteiger partial charge on any atom is 0.408 e. The standard InChI is InChI=1S/C19H22N2O3/c1-13-8-7-9-14(2)17(13)21-18(22)15(3)20-19(23)24-12-16-10-5-4-6-11-16/h4-11,15H,12H2,1-3H3,(H,20,23)(H,21,22). The molecule has 0 heterocycles. The second-order valence-corrected chi connectivity index (χ2v) is 5.68. The van der Waals surface area contributed by atoms with Gasteiger partial charge in [0.15, 0.2) is 0 Å². The monoisotopic (exact) mass is 326 g/mol. The second-order valence-electron chi connectivity index (χ2n) is 5.68. The number of anilines is 1. The van der Waals surface area contributed by atoms with E-state index in [0.29, 0.717) is 0 Å². The van der Waals surface area contributed by atoms with Crippen LogP contribution in [0.3, 0.4) is 0 Å². The molecule has 126 valence electrons. The van der Waals surface area contributed by atoms with E-state index in [4.69, 9.17) is 4.74 Å². The van der Waals surface area contributed by atoms with E-state index in [9.17, 15) is 9.59 Å². The molecule has 5 nitrogen and oxygen atoms in total. The summed E-state index contributed by atoms with van der Waals surface area (Å²) >= 11 is 0. The first kappa shape index (κ1) is 17.5. The van der Waals surface area contributed by atoms with Crippen molar-refractivity contribution in [3.8, 4) is 0 Å². The Labute approximate surface area is 142 Å². The Morgan fingerprint density at radius 2 is 1.62 bits per heavy atom. The van der Waals surface area contributed by atoms with E-state index >= 15 is 0 Å². The van der Waals surface area contributed by atoms with Crippen LogP contribution in [0.1, 0.15) is 23.6 Å². The lowest BCUT2D eigenvalue weighted by Crippen LogP contribution is -2.42. The summed E-state index contributed by atoms with van der Waals surface area (Å²) < 4.78 is 5.12. The SMILES string of the molecule is Cc1cccc(C)c1NC(=O)C(C)NC(=O)OCc1ccccc1. The number of benzene rings is 2. The van der Waals surface area contributed by atoms with Crippen molar-refractivity contribution < 1.29 is 14.3 Å². The number of carbonyl (C=O) groups excluding carboxylic acids is 2. The van der Waals surface area contributed by atoms with E-state index in [1.807, 2.05) is 62.4 Å². The number of hydrogen-bond acceptors (Lipinski definition) is 3. The molecule has 0 spiro atoms. The van der Waals surface area contributed by atoms with Gasteiger partial charge in [0, 0.05) is 5.69 Å². The molecule has 0 saturated carbocycles. The number of ether oxygens (including phenoxy) is 1. The van der Waals surface area contributed by atoms with Crippen molar-refractivity contribution in [1.29, 1.82) is 0 Å². The van der Waals surface area contributed by atoms with Crippen LogP contribution < -0.4 is 10.6 Å². The minimum atomic E-state index is -0.702. The zero-order valence-corrected chi connectivity index (χ0v) is 14.1. The number of rotatable bonds is 5. The molecule has 0 bridgehead atoms. The molecule has 1 atom stereocenters. The molecule has 0 aliphatic carbocycles. The van der Waals surface area contributed by atoms with Crippen LogP contribution in [-0.4, -0.2) is 18.0 Å². The van der Waals surface area contributed by atoms with Crippen LogP contribution in [0, 0.1) is 13.8 Å². The Morgan fingerprint density at radius 3 is 2.25 bits per heavy atom. The Balaban J connectivity index is 1.86. The minimum absolute atomic E-state index is 0.165. The first-order chi connectivity index (χ1) is 11.5. The van der Waals surface area contributed by atoms with Gasteiger partial charge in [0.05, 0.1) is 0 Å². The molecule has 0 fully saturated rings. The fourth-order valence-electron chi connectivity index (χ4n) is 2.25. The van der Waals surface area contributed by atoms with Crippen LogP contribution in [0.15, 0.2) is 48.5 Å². The zero-order valence-electron chi connectivity index (χ0n) is 14.1. The Hall–Kier alpha value is -2.82. The fourth-order valence-corrected chi connectivity index (χ4v) is 2.25. The maximum atomic E-state index is 12.2. The van der Waals surface area contributed by atoms with Crippen LogP contribution in [0.4, 0.5) is 10.5 Å². The predicted octanol–water partition coefficient (Wildman–Crippen LogP) is 3.56. The molecule has 0 aliphatic heterocycles. The molecule has 2 aromatic rings. The topological polar surface area (TPSA) is 67.4 Å². The summed E-state index contributed by atoms with van der Waals surface area (Å²) in [6, 6.07) is 14.5. The number of nitrogens with one attached hydrogen (secondary N) is 2. The van der Waals surface area contributed by atoms with Crippen molar-refractivity contribution in [1.82, 2.24) is 5.32 Å². The van der Waals surface area contributed by atoms with Gasteiger partial charge < -0.3 is 15.4 Å². The summed E-state index contributed by atoms with van der Waals surface area (Å²) in [4.78, 5) is 24.0. The van der Waals surface area contributed by atoms with Gasteiger partial charge in [-0.3, -0.25) is 4.79 Å². The summed E-state index contributed by atoms with van der Waals surface area (Å²) in [5.74, 6) is -0.288. The van der Waals surface area contributed by atoms with E-state index in [1.54, 1.807) is 6.92 Å². The molecule has 1 unspecified atom stereocenters. The number of aryl methyl sites for hydroxylation is 2. The van der Waals surface area contributed by atoms with Gasteiger partial charge in [-0.25, -0.2) is 4.79 Å². The van der Waals surface area contributed by atoms with Crippen molar-refractivity contribution in [2.75, 3.05) is 5.32 Å². The zero-order chi connectivity index (χ0) is 17.5. The van der Waals surface area contributed by atoms with Gasteiger partial charge in [-0.2, -0.15) is 0 Å². The van der Waals surface area contributed by atoms with Crippen molar-refractivity contribution in [3.05, 3.63) is 65.2 Å². The van der Waals surface area contributed by atoms with Crippen molar-refractivity contribution >= 4 is 17.7 Å². The third-order valence-corrected chi connectivity index (χ3v) is 3.67. The number of carbonyl (C=O) groups is 2. The molecule has 0 aliphatic rings. The van der Waals surface area contributed by atoms with Crippen molar-refractivity contribution in [3.63, 3.8) is 0 Å². The second kappa shape index (κ2) is 8.15. The van der Waals surface area contributed by atoms with Crippen LogP contribution in [0.2, 0.25) is 0 Å². The van der Waals surface area contributed by atoms with Gasteiger partial charge in [-0.05, 0) is 37.5 Å². The maximum absolute atomic E-state index is 12.2. The lowest BCUT2D eigenvalue weighted by Gasteiger charge is -2.16. The largest absolute Gasteiger partial charge is 0.445 e. The summed E-state index contributed by atoms with van der Waals surface area (Å²) in [6.45, 7) is 5.63. The quantitative estimate of drug-likeness (QED) is 0.883. The Bertz CT molecular complexity index is 694. The molecular weight excluding hydrogens is 304 g/mol. The average Bonchev–Trinajstić information content (AvgIpc) is 2.57. The van der Waals surface area contributed by atoms with E-state index < -0.39 is 12.1 Å². The normalized spacial score (nSPS) is 11.5. The van der Waals surface area contributed by atoms with E-state index in [2.05, 4.69) is 10.6 Å². The molecule has 2 rings (SSSR count). The number of para-hydroxylation sites is 1. The summed E-state index contributed by atoms with van der Waals surface area (Å²) in [7, 11) is 0. The smallest absolute Gasteiger partial charge is 0.408 e. The van der Waals surface area contributed by atoms with Crippen LogP contribution in [0.5, 0.6) is 0 Å². The Morgan fingerprint density at radius 1 is 1.00 bits per heavy atom. The van der Waals surface area contributed by atoms with Crippen molar-refractivity contribution in [2.24, 2.45) is 0 Å². The lowest BCUT2D eigenvalue weighted by atomic mass is 10.1. The predicted molar refractivity (Wildman–Crippen MR) is 93.8 cm³/mol. The van der Waals surface area contributed by atoms with Gasteiger partial charge in [-0.15, -0.1) is 0 Å². The summed E-state index contributed by atoms with van der Waals surface area (Å²) in [6.07, 6.45) is -0.622. The number of hydrogen-bond donors (Lipinski definition) is 2. The molecule has 0 aromatic heterocycles. The van der Waals surface area contributed by atoms with Gasteiger partial charge in [0.25, 0.3) is 0 Å². The van der Waals surface area contributed by atoms with Crippen LogP contribution >= 0.6 is 0 Å². The highest BCUT2D eigenvalue weighted by molar-refractivity contribution is 5.97. The van der Waals surface area contributed by atoms with Crippen LogP contribution in [0.25, 0.3) is 0 Å². The molecule has 2 amide bonds. The van der Waals surface area contributed by atoms with E-state index in [-0.39, 0.29) is 12.5 Å². The number of alkyl carbamates (subject to hydrolysis) is 1. The van der Waals surface area contributed by atoms with Gasteiger partial charge in [0.1, 0.15) is 12.6 Å². The Kier molecular flexibility index (Phi) is 5.95. The lowest BCUT2D eigenvalue weighted by molar-refractivity contribution is -0.117. The summed E-state index contributed by atoms with van der Waals surface area (Å²) in [5, 5.41) is 5.38. The third kappa shape index (κ3) is 4.84. The van der Waals surface area contributed by atoms with Gasteiger partial charge in [-0.1, -0.05) is 48.5 Å². The van der Waals surface area contributed by atoms with Gasteiger partial charge >= 0.3 is 6.09 Å². The highest BCUT2D eigenvalue weighted by Gasteiger charge is 2.17. The van der Waals surface area contributed by atoms with Crippen LogP contribution in [-0.2, 0) is 16.1 Å². The van der Waals surface area contributed by atoms with E-state index in [1.165, 1.54) is 0 Å². The van der Waals surface area contributed by atoms with Gasteiger partial charge in [0.2, 0.25) is 5.91 Å². The highest BCUT2D eigenvalue weighted by Crippen LogP contribution is 2.19.